The molecule has 2 heteroatoms. The quantitative estimate of drug-likeness (QED) is 0.561. The minimum absolute atomic E-state index is 0.719. The van der Waals surface area contributed by atoms with E-state index in [0.717, 1.165) is 11.1 Å². The van der Waals surface area contributed by atoms with Crippen molar-refractivity contribution < 1.29 is 0 Å². The lowest BCUT2D eigenvalue weighted by Gasteiger charge is -1.90. The molecule has 0 aliphatic carbocycles. The van der Waals surface area contributed by atoms with E-state index in [0.29, 0.717) is 0 Å². The minimum atomic E-state index is 0.719. The van der Waals surface area contributed by atoms with Gasteiger partial charge < -0.3 is 0 Å². The summed E-state index contributed by atoms with van der Waals surface area (Å²) >= 11 is 0. The highest BCUT2D eigenvalue weighted by Gasteiger charge is 1.88. The highest BCUT2D eigenvalue weighted by atomic mass is 14.2. The van der Waals surface area contributed by atoms with Gasteiger partial charge in [-0.25, -0.2) is 0 Å². The van der Waals surface area contributed by atoms with Gasteiger partial charge in [-0.15, -0.1) is 0 Å². The summed E-state index contributed by atoms with van der Waals surface area (Å²) in [6.07, 6.45) is 0. The van der Waals surface area contributed by atoms with Crippen molar-refractivity contribution in [1.29, 1.82) is 10.5 Å². The fourth-order valence-corrected chi connectivity index (χ4v) is 0.875. The van der Waals surface area contributed by atoms with Gasteiger partial charge in [0, 0.05) is 23.0 Å². The van der Waals surface area contributed by atoms with Gasteiger partial charge in [0.2, 0.25) is 0 Å². The van der Waals surface area contributed by atoms with Gasteiger partial charge in [0.25, 0.3) is 0 Å². The van der Waals surface area contributed by atoms with E-state index in [4.69, 9.17) is 10.5 Å². The van der Waals surface area contributed by atoms with Crippen LogP contribution >= 0.6 is 0 Å². The van der Waals surface area contributed by atoms with Crippen LogP contribution in [0.1, 0.15) is 11.1 Å². The maximum absolute atomic E-state index is 8.24. The van der Waals surface area contributed by atoms with Crippen molar-refractivity contribution in [3.05, 3.63) is 35.4 Å². The van der Waals surface area contributed by atoms with Crippen molar-refractivity contribution in [1.82, 2.24) is 0 Å². The lowest BCUT2D eigenvalue weighted by atomic mass is 10.1. The van der Waals surface area contributed by atoms with Crippen LogP contribution in [0.4, 0.5) is 0 Å². The summed E-state index contributed by atoms with van der Waals surface area (Å²) in [5.41, 5.74) is 1.44. The molecule has 1 aromatic rings. The SMILES string of the molecule is N#CC#Cc1cccc(C#CC#N)c1. The van der Waals surface area contributed by atoms with Gasteiger partial charge in [-0.1, -0.05) is 17.9 Å². The highest BCUT2D eigenvalue weighted by Crippen LogP contribution is 2.01. The molecule has 0 spiro atoms. The summed E-state index contributed by atoms with van der Waals surface area (Å²) in [6, 6.07) is 10.5. The molecule has 0 heterocycles. The number of rotatable bonds is 0. The molecule has 0 unspecified atom stereocenters. The maximum atomic E-state index is 8.24. The fraction of sp³-hybridized carbons (Fsp3) is 0. The third kappa shape index (κ3) is 2.75. The third-order valence-corrected chi connectivity index (χ3v) is 1.39. The first kappa shape index (κ1) is 9.41. The Kier molecular flexibility index (Phi) is 3.40. The molecule has 0 aliphatic heterocycles. The molecule has 14 heavy (non-hydrogen) atoms. The topological polar surface area (TPSA) is 47.6 Å². The molecule has 0 aliphatic rings. The summed E-state index contributed by atoms with van der Waals surface area (Å²) < 4.78 is 0. The molecular weight excluding hydrogens is 172 g/mol. The molecule has 62 valence electrons. The second-order valence-electron chi connectivity index (χ2n) is 2.30. The Morgan fingerprint density at radius 2 is 1.36 bits per heavy atom. The van der Waals surface area contributed by atoms with Crippen molar-refractivity contribution in [3.63, 3.8) is 0 Å². The fourth-order valence-electron chi connectivity index (χ4n) is 0.875. The maximum Gasteiger partial charge on any atom is 0.152 e. The van der Waals surface area contributed by atoms with Gasteiger partial charge in [-0.05, 0) is 18.2 Å². The van der Waals surface area contributed by atoms with E-state index >= 15 is 0 Å². The summed E-state index contributed by atoms with van der Waals surface area (Å²) in [5.74, 6) is 9.88. The zero-order chi connectivity index (χ0) is 10.2. The van der Waals surface area contributed by atoms with Crippen molar-refractivity contribution >= 4 is 0 Å². The number of nitriles is 2. The van der Waals surface area contributed by atoms with Crippen LogP contribution in [-0.2, 0) is 0 Å². The first-order valence-electron chi connectivity index (χ1n) is 3.77. The minimum Gasteiger partial charge on any atom is -0.183 e. The number of nitrogens with zero attached hydrogens (tertiary/aromatic N) is 2. The molecule has 0 amide bonds. The molecule has 0 atom stereocenters. The van der Waals surface area contributed by atoms with Crippen molar-refractivity contribution in [2.24, 2.45) is 0 Å². The van der Waals surface area contributed by atoms with E-state index in [2.05, 4.69) is 23.7 Å². The average Bonchev–Trinajstić information content (AvgIpc) is 2.24. The van der Waals surface area contributed by atoms with Crippen molar-refractivity contribution in [2.75, 3.05) is 0 Å². The van der Waals surface area contributed by atoms with E-state index in [9.17, 15) is 0 Å². The van der Waals surface area contributed by atoms with E-state index in [-0.39, 0.29) is 0 Å². The second kappa shape index (κ2) is 5.05. The molecule has 0 saturated heterocycles. The first-order chi connectivity index (χ1) is 6.86. The molecule has 0 radical (unpaired) electrons. The van der Waals surface area contributed by atoms with Crippen molar-refractivity contribution in [2.45, 2.75) is 0 Å². The van der Waals surface area contributed by atoms with Gasteiger partial charge in [-0.3, -0.25) is 0 Å². The second-order valence-corrected chi connectivity index (χ2v) is 2.30. The van der Waals surface area contributed by atoms with Crippen LogP contribution in [0.3, 0.4) is 0 Å². The predicted octanol–water partition coefficient (Wildman–Crippen LogP) is 1.44. The zero-order valence-electron chi connectivity index (χ0n) is 7.20. The van der Waals surface area contributed by atoms with E-state index in [1.54, 1.807) is 36.4 Å². The summed E-state index contributed by atoms with van der Waals surface area (Å²) in [7, 11) is 0. The van der Waals surface area contributed by atoms with E-state index in [1.165, 1.54) is 0 Å². The third-order valence-electron chi connectivity index (χ3n) is 1.39. The van der Waals surface area contributed by atoms with E-state index in [1.807, 2.05) is 0 Å². The van der Waals surface area contributed by atoms with Crippen LogP contribution in [0.5, 0.6) is 0 Å². The Balaban J connectivity index is 3.04. The number of hydrogen-bond donors (Lipinski definition) is 0. The van der Waals surface area contributed by atoms with Gasteiger partial charge in [0.1, 0.15) is 0 Å². The molecule has 2 nitrogen and oxygen atoms in total. The monoisotopic (exact) mass is 176 g/mol. The Morgan fingerprint density at radius 3 is 1.79 bits per heavy atom. The Hall–Kier alpha value is -2.68. The van der Waals surface area contributed by atoms with Gasteiger partial charge in [-0.2, -0.15) is 10.5 Å². The molecular formula is C12H4N2. The largest absolute Gasteiger partial charge is 0.183 e. The zero-order valence-corrected chi connectivity index (χ0v) is 7.20. The first-order valence-corrected chi connectivity index (χ1v) is 3.77. The van der Waals surface area contributed by atoms with Crippen LogP contribution < -0.4 is 0 Å². The standard InChI is InChI=1S/C12H4N2/c13-8-2-6-11-4-1-5-12(10-11)7-3-9-14/h1,4-5,10H. The van der Waals surface area contributed by atoms with E-state index < -0.39 is 0 Å². The Morgan fingerprint density at radius 1 is 0.857 bits per heavy atom. The molecule has 1 rings (SSSR count). The molecule has 1 aromatic carbocycles. The number of hydrogen-bond acceptors (Lipinski definition) is 2. The summed E-state index contributed by atoms with van der Waals surface area (Å²) in [5, 5.41) is 16.5. The Labute approximate surface area is 82.4 Å². The molecule has 0 bridgehead atoms. The lowest BCUT2D eigenvalue weighted by molar-refractivity contribution is 1.54. The van der Waals surface area contributed by atoms with Gasteiger partial charge in [0.15, 0.2) is 12.1 Å². The van der Waals surface area contributed by atoms with Crippen molar-refractivity contribution in [3.8, 4) is 35.8 Å². The average molecular weight is 176 g/mol. The van der Waals surface area contributed by atoms with Crippen LogP contribution in [-0.4, -0.2) is 0 Å². The van der Waals surface area contributed by atoms with Gasteiger partial charge >= 0.3 is 0 Å². The van der Waals surface area contributed by atoms with Crippen LogP contribution in [0.15, 0.2) is 24.3 Å². The number of benzene rings is 1. The van der Waals surface area contributed by atoms with Crippen LogP contribution in [0, 0.1) is 46.3 Å². The Bertz CT molecular complexity index is 487. The van der Waals surface area contributed by atoms with Crippen LogP contribution in [0.2, 0.25) is 0 Å². The molecule has 0 saturated carbocycles. The summed E-state index contributed by atoms with van der Waals surface area (Å²) in [4.78, 5) is 0. The predicted molar refractivity (Wildman–Crippen MR) is 51.4 cm³/mol. The summed E-state index contributed by atoms with van der Waals surface area (Å²) in [6.45, 7) is 0. The molecule has 0 N–H and O–H groups in total. The molecule has 0 fully saturated rings. The lowest BCUT2D eigenvalue weighted by Crippen LogP contribution is -1.77. The highest BCUT2D eigenvalue weighted by molar-refractivity contribution is 5.46. The molecule has 0 aromatic heterocycles. The van der Waals surface area contributed by atoms with Crippen LogP contribution in [0.25, 0.3) is 0 Å². The normalized spacial score (nSPS) is 6.71. The smallest absolute Gasteiger partial charge is 0.152 e. The van der Waals surface area contributed by atoms with Gasteiger partial charge in [0.05, 0.1) is 0 Å².